The summed E-state index contributed by atoms with van der Waals surface area (Å²) in [5.74, 6) is -0.0690. The van der Waals surface area contributed by atoms with E-state index < -0.39 is 5.54 Å². The highest BCUT2D eigenvalue weighted by Crippen LogP contribution is 2.37. The zero-order valence-corrected chi connectivity index (χ0v) is 10.6. The van der Waals surface area contributed by atoms with Crippen molar-refractivity contribution < 1.29 is 9.59 Å². The highest BCUT2D eigenvalue weighted by Gasteiger charge is 2.62. The van der Waals surface area contributed by atoms with E-state index in [9.17, 15) is 9.59 Å². The molecule has 0 aromatic carbocycles. The molecule has 2 fully saturated rings. The van der Waals surface area contributed by atoms with Crippen molar-refractivity contribution >= 4 is 11.9 Å². The summed E-state index contributed by atoms with van der Waals surface area (Å²) >= 11 is 0. The minimum Gasteiger partial charge on any atom is -0.310 e. The Labute approximate surface area is 96.0 Å². The molecule has 2 saturated heterocycles. The summed E-state index contributed by atoms with van der Waals surface area (Å²) in [6.45, 7) is 7.63. The van der Waals surface area contributed by atoms with Gasteiger partial charge in [-0.1, -0.05) is 0 Å². The van der Waals surface area contributed by atoms with E-state index in [-0.39, 0.29) is 17.5 Å². The van der Waals surface area contributed by atoms with E-state index in [1.54, 1.807) is 19.0 Å². The number of hydrogen-bond acceptors (Lipinski definition) is 3. The number of nitrogens with zero attached hydrogens (tertiary/aromatic N) is 3. The van der Waals surface area contributed by atoms with E-state index in [1.165, 1.54) is 4.90 Å². The number of likely N-dealkylation sites (N-methyl/N-ethyl adjacent to an activating group) is 2. The Kier molecular flexibility index (Phi) is 2.11. The maximum absolute atomic E-state index is 12.0. The molecule has 0 aromatic heterocycles. The van der Waals surface area contributed by atoms with Crippen LogP contribution in [0.15, 0.2) is 0 Å². The molecule has 16 heavy (non-hydrogen) atoms. The molecule has 1 spiro atoms. The standard InChI is InChI=1S/C11H19N3O2/c1-10(2,3)14-6-11(7-14)8(15)12(4)9(16)13(11)5/h6-7H2,1-5H3. The Morgan fingerprint density at radius 1 is 1.12 bits per heavy atom. The lowest BCUT2D eigenvalue weighted by atomic mass is 9.84. The zero-order chi connectivity index (χ0) is 12.3. The fourth-order valence-electron chi connectivity index (χ4n) is 2.36. The smallest absolute Gasteiger partial charge is 0.310 e. The number of likely N-dealkylation sites (tertiary alicyclic amines) is 1. The SMILES string of the molecule is CN1C(=O)N(C)C2(CN(C(C)(C)C)C2)C1=O. The number of hydrogen-bond donors (Lipinski definition) is 0. The molecule has 0 bridgehead atoms. The van der Waals surface area contributed by atoms with Crippen LogP contribution in [-0.2, 0) is 4.79 Å². The van der Waals surface area contributed by atoms with Crippen molar-refractivity contribution in [3.63, 3.8) is 0 Å². The van der Waals surface area contributed by atoms with Gasteiger partial charge in [-0.3, -0.25) is 14.6 Å². The van der Waals surface area contributed by atoms with Crippen LogP contribution in [0.2, 0.25) is 0 Å². The molecule has 0 aliphatic carbocycles. The summed E-state index contributed by atoms with van der Waals surface area (Å²) in [5.41, 5.74) is -0.546. The van der Waals surface area contributed by atoms with Gasteiger partial charge in [0.05, 0.1) is 0 Å². The Hall–Kier alpha value is -1.10. The van der Waals surface area contributed by atoms with Gasteiger partial charge in [-0.15, -0.1) is 0 Å². The molecule has 0 saturated carbocycles. The normalized spacial score (nSPS) is 25.6. The monoisotopic (exact) mass is 225 g/mol. The van der Waals surface area contributed by atoms with E-state index in [1.807, 2.05) is 0 Å². The molecule has 2 heterocycles. The molecule has 0 N–H and O–H groups in total. The van der Waals surface area contributed by atoms with Crippen LogP contribution in [0.25, 0.3) is 0 Å². The van der Waals surface area contributed by atoms with Crippen LogP contribution in [0, 0.1) is 0 Å². The summed E-state index contributed by atoms with van der Waals surface area (Å²) in [5, 5.41) is 0. The largest absolute Gasteiger partial charge is 0.327 e. The van der Waals surface area contributed by atoms with Crippen LogP contribution in [0.3, 0.4) is 0 Å². The minimum absolute atomic E-state index is 0.0522. The van der Waals surface area contributed by atoms with Crippen molar-refractivity contribution in [2.75, 3.05) is 27.2 Å². The average Bonchev–Trinajstić information content (AvgIpc) is 2.25. The lowest BCUT2D eigenvalue weighted by Gasteiger charge is -2.54. The maximum Gasteiger partial charge on any atom is 0.327 e. The van der Waals surface area contributed by atoms with E-state index in [0.29, 0.717) is 13.1 Å². The highest BCUT2D eigenvalue weighted by molar-refractivity contribution is 6.07. The fourth-order valence-corrected chi connectivity index (χ4v) is 2.36. The van der Waals surface area contributed by atoms with E-state index >= 15 is 0 Å². The summed E-state index contributed by atoms with van der Waals surface area (Å²) in [6, 6.07) is -0.196. The van der Waals surface area contributed by atoms with E-state index in [0.717, 1.165) is 0 Å². The van der Waals surface area contributed by atoms with Gasteiger partial charge in [0.15, 0.2) is 0 Å². The fraction of sp³-hybridized carbons (Fsp3) is 0.818. The van der Waals surface area contributed by atoms with Crippen LogP contribution in [0.4, 0.5) is 4.79 Å². The molecule has 3 amide bonds. The number of carbonyl (C=O) groups is 2. The van der Waals surface area contributed by atoms with Gasteiger partial charge in [-0.2, -0.15) is 0 Å². The first-order valence-electron chi connectivity index (χ1n) is 5.51. The Morgan fingerprint density at radius 2 is 1.62 bits per heavy atom. The second kappa shape index (κ2) is 2.97. The number of amides is 3. The molecule has 2 aliphatic rings. The first-order chi connectivity index (χ1) is 7.20. The molecule has 0 radical (unpaired) electrons. The molecule has 0 atom stereocenters. The van der Waals surface area contributed by atoms with Gasteiger partial charge in [0.2, 0.25) is 0 Å². The molecule has 2 rings (SSSR count). The Morgan fingerprint density at radius 3 is 1.94 bits per heavy atom. The quantitative estimate of drug-likeness (QED) is 0.559. The number of rotatable bonds is 0. The third-order valence-corrected chi connectivity index (χ3v) is 3.77. The Balaban J connectivity index is 2.19. The molecule has 0 aromatic rings. The van der Waals surface area contributed by atoms with Crippen LogP contribution in [0.1, 0.15) is 20.8 Å². The second-order valence-corrected chi connectivity index (χ2v) is 5.76. The molecule has 5 heteroatoms. The van der Waals surface area contributed by atoms with Gasteiger partial charge in [-0.05, 0) is 20.8 Å². The first-order valence-corrected chi connectivity index (χ1v) is 5.51. The van der Waals surface area contributed by atoms with Gasteiger partial charge >= 0.3 is 6.03 Å². The van der Waals surface area contributed by atoms with E-state index in [2.05, 4.69) is 25.7 Å². The Bertz CT molecular complexity index is 353. The van der Waals surface area contributed by atoms with Crippen molar-refractivity contribution in [1.29, 1.82) is 0 Å². The topological polar surface area (TPSA) is 43.9 Å². The van der Waals surface area contributed by atoms with Gasteiger partial charge in [-0.25, -0.2) is 4.79 Å². The maximum atomic E-state index is 12.0. The van der Waals surface area contributed by atoms with Gasteiger partial charge in [0.25, 0.3) is 5.91 Å². The summed E-state index contributed by atoms with van der Waals surface area (Å²) in [7, 11) is 3.26. The van der Waals surface area contributed by atoms with Crippen molar-refractivity contribution in [1.82, 2.24) is 14.7 Å². The number of urea groups is 1. The number of imide groups is 1. The van der Waals surface area contributed by atoms with Crippen LogP contribution < -0.4 is 0 Å². The first kappa shape index (κ1) is 11.4. The van der Waals surface area contributed by atoms with Gasteiger partial charge in [0, 0.05) is 32.7 Å². The second-order valence-electron chi connectivity index (χ2n) is 5.76. The zero-order valence-electron chi connectivity index (χ0n) is 10.6. The predicted molar refractivity (Wildman–Crippen MR) is 60.0 cm³/mol. The van der Waals surface area contributed by atoms with Crippen molar-refractivity contribution in [3.8, 4) is 0 Å². The lowest BCUT2D eigenvalue weighted by molar-refractivity contribution is -0.145. The predicted octanol–water partition coefficient (Wildman–Crippen LogP) is 0.363. The molecule has 5 nitrogen and oxygen atoms in total. The minimum atomic E-state index is -0.598. The summed E-state index contributed by atoms with van der Waals surface area (Å²) < 4.78 is 0. The van der Waals surface area contributed by atoms with Crippen LogP contribution >= 0.6 is 0 Å². The lowest BCUT2D eigenvalue weighted by Crippen LogP contribution is -2.74. The molecule has 0 unspecified atom stereocenters. The van der Waals surface area contributed by atoms with Crippen molar-refractivity contribution in [2.24, 2.45) is 0 Å². The third kappa shape index (κ3) is 1.21. The van der Waals surface area contributed by atoms with Crippen LogP contribution in [-0.4, -0.2) is 64.9 Å². The van der Waals surface area contributed by atoms with Crippen molar-refractivity contribution in [3.05, 3.63) is 0 Å². The summed E-state index contributed by atoms with van der Waals surface area (Å²) in [4.78, 5) is 28.8. The van der Waals surface area contributed by atoms with Gasteiger partial charge < -0.3 is 4.90 Å². The molecule has 2 aliphatic heterocycles. The summed E-state index contributed by atoms with van der Waals surface area (Å²) in [6.07, 6.45) is 0. The highest BCUT2D eigenvalue weighted by atomic mass is 16.2. The van der Waals surface area contributed by atoms with Crippen molar-refractivity contribution in [2.45, 2.75) is 31.8 Å². The van der Waals surface area contributed by atoms with E-state index in [4.69, 9.17) is 0 Å². The molecular weight excluding hydrogens is 206 g/mol. The number of carbonyl (C=O) groups excluding carboxylic acids is 2. The van der Waals surface area contributed by atoms with Gasteiger partial charge in [0.1, 0.15) is 5.54 Å². The average molecular weight is 225 g/mol. The van der Waals surface area contributed by atoms with Crippen LogP contribution in [0.5, 0.6) is 0 Å². The molecular formula is C11H19N3O2. The molecule has 90 valence electrons. The third-order valence-electron chi connectivity index (χ3n) is 3.77.